The van der Waals surface area contributed by atoms with E-state index in [1.807, 2.05) is 24.3 Å². The molecular formula is C37H32BrF3N8O4. The Hall–Kier alpha value is -5.61. The van der Waals surface area contributed by atoms with Gasteiger partial charge < -0.3 is 15.3 Å². The Labute approximate surface area is 308 Å². The van der Waals surface area contributed by atoms with E-state index >= 15 is 0 Å². The minimum absolute atomic E-state index is 0.0153. The molecule has 272 valence electrons. The molecule has 2 atom stereocenters. The van der Waals surface area contributed by atoms with Crippen molar-refractivity contribution in [3.05, 3.63) is 128 Å². The van der Waals surface area contributed by atoms with E-state index in [1.165, 1.54) is 26.2 Å². The number of nitrogens with one attached hydrogen (secondary N) is 1. The van der Waals surface area contributed by atoms with Crippen LogP contribution in [-0.4, -0.2) is 62.8 Å². The smallest absolute Gasteiger partial charge is 0.391 e. The van der Waals surface area contributed by atoms with E-state index in [2.05, 4.69) is 36.3 Å². The number of carbonyl (C=O) groups excluding carboxylic acids is 2. The average Bonchev–Trinajstić information content (AvgIpc) is 3.66. The lowest BCUT2D eigenvalue weighted by atomic mass is 10.1. The van der Waals surface area contributed by atoms with Crippen LogP contribution < -0.4 is 11.0 Å². The van der Waals surface area contributed by atoms with Crippen LogP contribution in [0.2, 0.25) is 0 Å². The molecule has 3 aromatic heterocycles. The van der Waals surface area contributed by atoms with E-state index in [-0.39, 0.29) is 47.6 Å². The standard InChI is InChI=1S/C37H32BrF3N8O4/c1-21-18-47-31(20-46(21)35(52)23-8-10-29(38)28(15-23)37(39,40)41)32(34(51)44-16-24-6-3-4-7-27(24)33-42-12-5-13-43-33)49(36(47)53)26-9-11-30-25(14-26)17-45-48(30)19-22(2)50/h3-15,17,21-22,50H,16,18-20H2,1-2H3,(H,44,51)/t21-,22-/m1/s1. The van der Waals surface area contributed by atoms with Crippen molar-refractivity contribution in [3.8, 4) is 17.1 Å². The largest absolute Gasteiger partial charge is 0.417 e. The SMILES string of the molecule is C[C@@H]1Cn2c(c(C(=O)NCc3ccccc3-c3ncccn3)n(-c3ccc4c(cnn4C[C@@H](C)O)c3)c2=O)CN1C(=O)c1ccc(Br)c(C(F)(F)F)c1. The van der Waals surface area contributed by atoms with E-state index in [9.17, 15) is 32.7 Å². The molecule has 0 fully saturated rings. The molecule has 0 bridgehead atoms. The fourth-order valence-corrected chi connectivity index (χ4v) is 7.07. The molecule has 0 unspecified atom stereocenters. The summed E-state index contributed by atoms with van der Waals surface area (Å²) in [6.45, 7) is 3.37. The first-order chi connectivity index (χ1) is 25.3. The molecule has 1 aliphatic heterocycles. The Morgan fingerprint density at radius 1 is 1.06 bits per heavy atom. The maximum Gasteiger partial charge on any atom is 0.417 e. The summed E-state index contributed by atoms with van der Waals surface area (Å²) < 4.78 is 45.4. The van der Waals surface area contributed by atoms with E-state index in [4.69, 9.17) is 0 Å². The van der Waals surface area contributed by atoms with Gasteiger partial charge in [-0.15, -0.1) is 0 Å². The van der Waals surface area contributed by atoms with Crippen molar-refractivity contribution < 1.29 is 27.9 Å². The normalized spacial score (nSPS) is 15.0. The summed E-state index contributed by atoms with van der Waals surface area (Å²) in [4.78, 5) is 52.5. The van der Waals surface area contributed by atoms with Crippen molar-refractivity contribution in [2.24, 2.45) is 0 Å². The molecule has 0 saturated carbocycles. The van der Waals surface area contributed by atoms with Crippen LogP contribution >= 0.6 is 15.9 Å². The Kier molecular flexibility index (Phi) is 9.50. The molecule has 4 heterocycles. The molecule has 2 amide bonds. The van der Waals surface area contributed by atoms with E-state index in [0.717, 1.165) is 6.07 Å². The van der Waals surface area contributed by atoms with Crippen molar-refractivity contribution in [3.63, 3.8) is 0 Å². The molecule has 0 spiro atoms. The Bertz CT molecular complexity index is 2420. The number of hydrogen-bond donors (Lipinski definition) is 2. The molecule has 7 rings (SSSR count). The van der Waals surface area contributed by atoms with Crippen molar-refractivity contribution in [1.82, 2.24) is 39.1 Å². The number of aliphatic hydroxyl groups is 1. The molecule has 2 N–H and O–H groups in total. The third-order valence-corrected chi connectivity index (χ3v) is 9.81. The molecule has 6 aromatic rings. The summed E-state index contributed by atoms with van der Waals surface area (Å²) in [7, 11) is 0. The van der Waals surface area contributed by atoms with Crippen LogP contribution in [0.1, 0.15) is 51.5 Å². The van der Waals surface area contributed by atoms with E-state index in [0.29, 0.717) is 33.5 Å². The molecule has 3 aromatic carbocycles. The van der Waals surface area contributed by atoms with Crippen LogP contribution in [0.15, 0.2) is 94.6 Å². The third kappa shape index (κ3) is 6.87. The van der Waals surface area contributed by atoms with Gasteiger partial charge in [0.25, 0.3) is 11.8 Å². The molecule has 16 heteroatoms. The van der Waals surface area contributed by atoms with Crippen molar-refractivity contribution in [2.75, 3.05) is 0 Å². The van der Waals surface area contributed by atoms with E-state index < -0.39 is 41.4 Å². The molecule has 0 aliphatic carbocycles. The van der Waals surface area contributed by atoms with Gasteiger partial charge >= 0.3 is 11.9 Å². The minimum atomic E-state index is -4.70. The zero-order valence-electron chi connectivity index (χ0n) is 28.4. The Morgan fingerprint density at radius 3 is 2.55 bits per heavy atom. The quantitative estimate of drug-likeness (QED) is 0.205. The van der Waals surface area contributed by atoms with Crippen LogP contribution in [0, 0.1) is 0 Å². The minimum Gasteiger partial charge on any atom is -0.391 e. The second-order valence-electron chi connectivity index (χ2n) is 12.8. The van der Waals surface area contributed by atoms with Crippen molar-refractivity contribution >= 4 is 38.6 Å². The predicted molar refractivity (Wildman–Crippen MR) is 192 cm³/mol. The van der Waals surface area contributed by atoms with E-state index in [1.54, 1.807) is 61.4 Å². The van der Waals surface area contributed by atoms with Crippen LogP contribution in [0.25, 0.3) is 28.0 Å². The molecular weight excluding hydrogens is 757 g/mol. The van der Waals surface area contributed by atoms with Crippen LogP contribution in [0.4, 0.5) is 13.2 Å². The lowest BCUT2D eigenvalue weighted by molar-refractivity contribution is -0.138. The first-order valence-corrected chi connectivity index (χ1v) is 17.4. The highest BCUT2D eigenvalue weighted by molar-refractivity contribution is 9.10. The monoisotopic (exact) mass is 788 g/mol. The number of alkyl halides is 3. The number of aliphatic hydroxyl groups excluding tert-OH is 1. The number of aromatic nitrogens is 6. The molecule has 53 heavy (non-hydrogen) atoms. The summed E-state index contributed by atoms with van der Waals surface area (Å²) in [6.07, 6.45) is -0.537. The first-order valence-electron chi connectivity index (χ1n) is 16.6. The van der Waals surface area contributed by atoms with Gasteiger partial charge in [0, 0.05) is 52.5 Å². The lowest BCUT2D eigenvalue weighted by Gasteiger charge is -2.34. The predicted octanol–water partition coefficient (Wildman–Crippen LogP) is 5.58. The number of amides is 2. The molecule has 12 nitrogen and oxygen atoms in total. The number of imidazole rings is 1. The van der Waals surface area contributed by atoms with Crippen molar-refractivity contribution in [2.45, 2.75) is 58.3 Å². The summed E-state index contributed by atoms with van der Waals surface area (Å²) in [5.41, 5.74) is 0.948. The molecule has 0 radical (unpaired) electrons. The fourth-order valence-electron chi connectivity index (χ4n) is 6.60. The summed E-state index contributed by atoms with van der Waals surface area (Å²) in [6, 6.07) is 16.8. The Morgan fingerprint density at radius 2 is 1.81 bits per heavy atom. The second-order valence-corrected chi connectivity index (χ2v) is 13.7. The summed E-state index contributed by atoms with van der Waals surface area (Å²) in [5, 5.41) is 17.9. The van der Waals surface area contributed by atoms with Gasteiger partial charge in [0.05, 0.1) is 47.9 Å². The zero-order valence-corrected chi connectivity index (χ0v) is 30.0. The number of carbonyl (C=O) groups is 2. The number of benzene rings is 3. The highest BCUT2D eigenvalue weighted by Crippen LogP contribution is 2.36. The Balaban J connectivity index is 1.30. The highest BCUT2D eigenvalue weighted by Gasteiger charge is 2.37. The van der Waals surface area contributed by atoms with Gasteiger partial charge in [-0.2, -0.15) is 18.3 Å². The highest BCUT2D eigenvalue weighted by atomic mass is 79.9. The van der Waals surface area contributed by atoms with Gasteiger partial charge in [-0.1, -0.05) is 40.2 Å². The molecule has 0 saturated heterocycles. The fraction of sp³-hybridized carbons (Fsp3) is 0.243. The number of nitrogens with zero attached hydrogens (tertiary/aromatic N) is 7. The number of hydrogen-bond acceptors (Lipinski definition) is 7. The van der Waals surface area contributed by atoms with Crippen LogP contribution in [0.3, 0.4) is 0 Å². The zero-order chi connectivity index (χ0) is 37.6. The third-order valence-electron chi connectivity index (χ3n) is 9.12. The van der Waals surface area contributed by atoms with Crippen LogP contribution in [-0.2, 0) is 32.4 Å². The summed E-state index contributed by atoms with van der Waals surface area (Å²) >= 11 is 2.93. The number of halogens is 4. The van der Waals surface area contributed by atoms with Gasteiger partial charge in [0.1, 0.15) is 5.69 Å². The van der Waals surface area contributed by atoms with Gasteiger partial charge in [-0.25, -0.2) is 14.8 Å². The average molecular weight is 790 g/mol. The number of rotatable bonds is 8. The maximum absolute atomic E-state index is 14.4. The molecule has 1 aliphatic rings. The van der Waals surface area contributed by atoms with Crippen molar-refractivity contribution in [1.29, 1.82) is 0 Å². The van der Waals surface area contributed by atoms with Gasteiger partial charge in [0.2, 0.25) is 0 Å². The van der Waals surface area contributed by atoms with Gasteiger partial charge in [0.15, 0.2) is 5.82 Å². The lowest BCUT2D eigenvalue weighted by Crippen LogP contribution is -2.47. The second kappa shape index (κ2) is 14.1. The van der Waals surface area contributed by atoms with Gasteiger partial charge in [-0.05, 0) is 61.9 Å². The topological polar surface area (TPSA) is 140 Å². The first kappa shape index (κ1) is 35.8. The summed E-state index contributed by atoms with van der Waals surface area (Å²) in [5.74, 6) is -0.837. The van der Waals surface area contributed by atoms with Gasteiger partial charge in [-0.3, -0.25) is 23.4 Å². The van der Waals surface area contributed by atoms with Crippen LogP contribution in [0.5, 0.6) is 0 Å². The number of fused-ring (bicyclic) bond motifs is 2. The maximum atomic E-state index is 14.4.